The largest absolute Gasteiger partial charge is 0.249 e. The molecular formula is C16H20OSSi. The van der Waals surface area contributed by atoms with Gasteiger partial charge in [-0.05, 0) is 30.7 Å². The highest BCUT2D eigenvalue weighted by Gasteiger charge is 2.17. The Kier molecular flexibility index (Phi) is 4.06. The van der Waals surface area contributed by atoms with Crippen LogP contribution in [-0.4, -0.2) is 12.3 Å². The minimum Gasteiger partial charge on any atom is -0.249 e. The van der Waals surface area contributed by atoms with Crippen molar-refractivity contribution >= 4 is 24.1 Å². The molecule has 0 aliphatic heterocycles. The number of benzene rings is 2. The van der Waals surface area contributed by atoms with Crippen molar-refractivity contribution in [2.45, 2.75) is 36.4 Å². The molecule has 1 atom stereocenters. The Bertz CT molecular complexity index is 597. The Balaban J connectivity index is 2.34. The van der Waals surface area contributed by atoms with Crippen LogP contribution in [0.25, 0.3) is 0 Å². The van der Waals surface area contributed by atoms with Gasteiger partial charge in [0.25, 0.3) is 0 Å². The normalized spacial score (nSPS) is 13.3. The molecular weight excluding hydrogens is 268 g/mol. The molecule has 0 saturated heterocycles. The topological polar surface area (TPSA) is 17.1 Å². The molecule has 0 N–H and O–H groups in total. The second-order valence-corrected chi connectivity index (χ2v) is 12.3. The van der Waals surface area contributed by atoms with Crippen LogP contribution < -0.4 is 5.19 Å². The summed E-state index contributed by atoms with van der Waals surface area (Å²) in [6, 6.07) is 16.2. The summed E-state index contributed by atoms with van der Waals surface area (Å²) in [5.41, 5.74) is 1.08. The Morgan fingerprint density at radius 3 is 2.00 bits per heavy atom. The first-order valence-corrected chi connectivity index (χ1v) is 11.1. The molecule has 0 aliphatic carbocycles. The Morgan fingerprint density at radius 2 is 1.47 bits per heavy atom. The van der Waals surface area contributed by atoms with Gasteiger partial charge in [0.1, 0.15) is 0 Å². The van der Waals surface area contributed by atoms with Gasteiger partial charge in [-0.1, -0.05) is 55.2 Å². The van der Waals surface area contributed by atoms with Gasteiger partial charge in [0.2, 0.25) is 0 Å². The third kappa shape index (κ3) is 3.22. The molecule has 0 radical (unpaired) electrons. The molecule has 3 heteroatoms. The fraction of sp³-hybridized carbons (Fsp3) is 0.250. The number of hydrogen-bond donors (Lipinski definition) is 0. The molecule has 0 heterocycles. The summed E-state index contributed by atoms with van der Waals surface area (Å²) in [6.45, 7) is 8.96. The Hall–Kier alpha value is -1.19. The van der Waals surface area contributed by atoms with Crippen LogP contribution in [0.4, 0.5) is 0 Å². The van der Waals surface area contributed by atoms with Crippen molar-refractivity contribution in [3.8, 4) is 0 Å². The van der Waals surface area contributed by atoms with Crippen molar-refractivity contribution in [3.05, 3.63) is 54.1 Å². The monoisotopic (exact) mass is 288 g/mol. The van der Waals surface area contributed by atoms with Gasteiger partial charge in [-0.15, -0.1) is 0 Å². The first kappa shape index (κ1) is 14.2. The van der Waals surface area contributed by atoms with Gasteiger partial charge in [0.15, 0.2) is 0 Å². The lowest BCUT2D eigenvalue weighted by molar-refractivity contribution is 0.682. The SMILES string of the molecule is Cc1ccccc1S(=O)c1ccc([Si](C)(C)C)cc1. The van der Waals surface area contributed by atoms with E-state index in [1.807, 2.05) is 43.3 Å². The lowest BCUT2D eigenvalue weighted by Gasteiger charge is -2.16. The summed E-state index contributed by atoms with van der Waals surface area (Å²) in [7, 11) is -2.36. The van der Waals surface area contributed by atoms with Crippen LogP contribution in [0.2, 0.25) is 19.6 Å². The average molecular weight is 288 g/mol. The highest BCUT2D eigenvalue weighted by Crippen LogP contribution is 2.19. The van der Waals surface area contributed by atoms with E-state index in [-0.39, 0.29) is 0 Å². The van der Waals surface area contributed by atoms with Crippen LogP contribution in [0.3, 0.4) is 0 Å². The minimum absolute atomic E-state index is 0.885. The van der Waals surface area contributed by atoms with E-state index in [1.165, 1.54) is 5.19 Å². The molecule has 0 saturated carbocycles. The van der Waals surface area contributed by atoms with E-state index < -0.39 is 18.9 Å². The fourth-order valence-electron chi connectivity index (χ4n) is 1.97. The van der Waals surface area contributed by atoms with Gasteiger partial charge in [-0.2, -0.15) is 0 Å². The molecule has 0 aromatic heterocycles. The Morgan fingerprint density at radius 1 is 0.895 bits per heavy atom. The maximum Gasteiger partial charge on any atom is 0.0852 e. The maximum absolute atomic E-state index is 12.6. The van der Waals surface area contributed by atoms with E-state index >= 15 is 0 Å². The summed E-state index contributed by atoms with van der Waals surface area (Å²) in [4.78, 5) is 1.79. The first-order valence-electron chi connectivity index (χ1n) is 6.47. The lowest BCUT2D eigenvalue weighted by atomic mass is 10.2. The van der Waals surface area contributed by atoms with E-state index in [0.717, 1.165) is 15.4 Å². The smallest absolute Gasteiger partial charge is 0.0852 e. The summed E-state index contributed by atoms with van der Waals surface area (Å²) >= 11 is 0. The molecule has 0 bridgehead atoms. The van der Waals surface area contributed by atoms with Gasteiger partial charge < -0.3 is 0 Å². The van der Waals surface area contributed by atoms with Crippen LogP contribution in [0.5, 0.6) is 0 Å². The molecule has 0 fully saturated rings. The molecule has 1 nitrogen and oxygen atoms in total. The summed E-state index contributed by atoms with van der Waals surface area (Å²) < 4.78 is 12.6. The molecule has 2 aromatic carbocycles. The van der Waals surface area contributed by atoms with Gasteiger partial charge in [0.05, 0.1) is 18.9 Å². The quantitative estimate of drug-likeness (QED) is 0.787. The standard InChI is InChI=1S/C16H20OSSi/c1-13-7-5-6-8-16(13)18(17)14-9-11-15(12-10-14)19(2,3)4/h5-12H,1-4H3. The zero-order valence-electron chi connectivity index (χ0n) is 11.9. The zero-order chi connectivity index (χ0) is 14.0. The number of hydrogen-bond acceptors (Lipinski definition) is 1. The second kappa shape index (κ2) is 5.43. The highest BCUT2D eigenvalue weighted by molar-refractivity contribution is 7.85. The maximum atomic E-state index is 12.6. The summed E-state index contributed by atoms with van der Waals surface area (Å²) in [5, 5.41) is 1.40. The third-order valence-corrected chi connectivity index (χ3v) is 6.85. The van der Waals surface area contributed by atoms with E-state index in [4.69, 9.17) is 0 Å². The van der Waals surface area contributed by atoms with Crippen LogP contribution >= 0.6 is 0 Å². The summed E-state index contributed by atoms with van der Waals surface area (Å²) in [5.74, 6) is 0. The van der Waals surface area contributed by atoms with Crippen molar-refractivity contribution in [2.24, 2.45) is 0 Å². The van der Waals surface area contributed by atoms with Crippen LogP contribution in [-0.2, 0) is 10.8 Å². The Labute approximate surface area is 119 Å². The van der Waals surface area contributed by atoms with Crippen molar-refractivity contribution in [1.29, 1.82) is 0 Å². The first-order chi connectivity index (χ1) is 8.89. The van der Waals surface area contributed by atoms with Gasteiger partial charge >= 0.3 is 0 Å². The molecule has 0 aliphatic rings. The minimum atomic E-state index is -1.28. The van der Waals surface area contributed by atoms with Gasteiger partial charge in [0, 0.05) is 9.79 Å². The predicted molar refractivity (Wildman–Crippen MR) is 85.3 cm³/mol. The molecule has 2 rings (SSSR count). The lowest BCUT2D eigenvalue weighted by Crippen LogP contribution is -2.37. The van der Waals surface area contributed by atoms with E-state index in [1.54, 1.807) is 0 Å². The third-order valence-electron chi connectivity index (χ3n) is 3.23. The fourth-order valence-corrected chi connectivity index (χ4v) is 4.34. The average Bonchev–Trinajstić information content (AvgIpc) is 2.38. The van der Waals surface area contributed by atoms with E-state index in [9.17, 15) is 4.21 Å². The van der Waals surface area contributed by atoms with Crippen molar-refractivity contribution < 1.29 is 4.21 Å². The molecule has 0 amide bonds. The molecule has 0 spiro atoms. The van der Waals surface area contributed by atoms with E-state index in [0.29, 0.717) is 0 Å². The van der Waals surface area contributed by atoms with Crippen LogP contribution in [0.15, 0.2) is 58.3 Å². The zero-order valence-corrected chi connectivity index (χ0v) is 13.8. The number of rotatable bonds is 3. The van der Waals surface area contributed by atoms with Crippen molar-refractivity contribution in [2.75, 3.05) is 0 Å². The van der Waals surface area contributed by atoms with Crippen LogP contribution in [0, 0.1) is 6.92 Å². The van der Waals surface area contributed by atoms with Crippen molar-refractivity contribution in [3.63, 3.8) is 0 Å². The second-order valence-electron chi connectivity index (χ2n) is 5.81. The number of aryl methyl sites for hydroxylation is 1. The molecule has 1 unspecified atom stereocenters. The predicted octanol–water partition coefficient (Wildman–Crippen LogP) is 3.71. The van der Waals surface area contributed by atoms with E-state index in [2.05, 4.69) is 31.8 Å². The van der Waals surface area contributed by atoms with Crippen LogP contribution in [0.1, 0.15) is 5.56 Å². The van der Waals surface area contributed by atoms with Crippen molar-refractivity contribution in [1.82, 2.24) is 0 Å². The van der Waals surface area contributed by atoms with Gasteiger partial charge in [-0.3, -0.25) is 0 Å². The highest BCUT2D eigenvalue weighted by atomic mass is 32.2. The summed E-state index contributed by atoms with van der Waals surface area (Å²) in [6.07, 6.45) is 0. The van der Waals surface area contributed by atoms with Gasteiger partial charge in [-0.25, -0.2) is 4.21 Å². The molecule has 2 aromatic rings. The molecule has 19 heavy (non-hydrogen) atoms. The molecule has 100 valence electrons.